The van der Waals surface area contributed by atoms with Gasteiger partial charge in [0, 0.05) is 11.8 Å². The first kappa shape index (κ1) is 12.8. The number of hydrogen-bond donors (Lipinski definition) is 0. The third kappa shape index (κ3) is 3.03. The highest BCUT2D eigenvalue weighted by molar-refractivity contribution is 7.98. The standard InChI is InChI=1S/C14H10FN3OS/c15-11-5-3-4-10(8-11)14-18-17-12(19-14)9-20-13-6-1-2-7-16-13/h1-8H,9H2. The molecule has 0 atom stereocenters. The molecule has 1 aromatic carbocycles. The molecule has 3 rings (SSSR count). The Morgan fingerprint density at radius 2 is 2.05 bits per heavy atom. The highest BCUT2D eigenvalue weighted by Crippen LogP contribution is 2.23. The van der Waals surface area contributed by atoms with Crippen LogP contribution in [0, 0.1) is 5.82 Å². The van der Waals surface area contributed by atoms with Crippen molar-refractivity contribution in [3.05, 3.63) is 60.4 Å². The van der Waals surface area contributed by atoms with Crippen molar-refractivity contribution in [3.63, 3.8) is 0 Å². The molecule has 0 unspecified atom stereocenters. The first-order valence-corrected chi connectivity index (χ1v) is 6.92. The lowest BCUT2D eigenvalue weighted by Gasteiger charge is -1.96. The Labute approximate surface area is 119 Å². The smallest absolute Gasteiger partial charge is 0.247 e. The van der Waals surface area contributed by atoms with Crippen LogP contribution in [0.1, 0.15) is 5.89 Å². The average molecular weight is 287 g/mol. The van der Waals surface area contributed by atoms with Crippen LogP contribution in [0.2, 0.25) is 0 Å². The number of benzene rings is 1. The lowest BCUT2D eigenvalue weighted by Crippen LogP contribution is -1.82. The van der Waals surface area contributed by atoms with E-state index < -0.39 is 0 Å². The molecule has 0 radical (unpaired) electrons. The van der Waals surface area contributed by atoms with E-state index in [1.165, 1.54) is 23.9 Å². The van der Waals surface area contributed by atoms with Crippen LogP contribution in [0.25, 0.3) is 11.5 Å². The highest BCUT2D eigenvalue weighted by atomic mass is 32.2. The molecule has 0 spiro atoms. The molecule has 3 aromatic rings. The van der Waals surface area contributed by atoms with Gasteiger partial charge in [0.15, 0.2) is 0 Å². The Morgan fingerprint density at radius 1 is 1.10 bits per heavy atom. The minimum absolute atomic E-state index is 0.320. The van der Waals surface area contributed by atoms with Gasteiger partial charge in [-0.05, 0) is 30.3 Å². The molecule has 100 valence electrons. The summed E-state index contributed by atoms with van der Waals surface area (Å²) in [5.74, 6) is 1.01. The first-order chi connectivity index (χ1) is 9.81. The van der Waals surface area contributed by atoms with Gasteiger partial charge in [0.25, 0.3) is 0 Å². The zero-order valence-electron chi connectivity index (χ0n) is 10.4. The minimum atomic E-state index is -0.329. The van der Waals surface area contributed by atoms with Crippen LogP contribution >= 0.6 is 11.8 Å². The fourth-order valence-electron chi connectivity index (χ4n) is 1.62. The van der Waals surface area contributed by atoms with Crippen LogP contribution in [0.15, 0.2) is 58.1 Å². The molecule has 0 amide bonds. The van der Waals surface area contributed by atoms with Gasteiger partial charge in [-0.3, -0.25) is 0 Å². The molecule has 4 nitrogen and oxygen atoms in total. The number of hydrogen-bond acceptors (Lipinski definition) is 5. The third-order valence-corrected chi connectivity index (χ3v) is 3.45. The summed E-state index contributed by atoms with van der Waals surface area (Å²) >= 11 is 1.50. The monoisotopic (exact) mass is 287 g/mol. The number of nitrogens with zero attached hydrogens (tertiary/aromatic N) is 3. The second kappa shape index (κ2) is 5.83. The molecule has 20 heavy (non-hydrogen) atoms. The minimum Gasteiger partial charge on any atom is -0.420 e. The molecule has 2 heterocycles. The molecule has 0 aliphatic rings. The molecule has 0 saturated heterocycles. The van der Waals surface area contributed by atoms with Gasteiger partial charge < -0.3 is 4.42 Å². The molecule has 0 N–H and O–H groups in total. The normalized spacial score (nSPS) is 10.7. The Hall–Kier alpha value is -2.21. The van der Waals surface area contributed by atoms with Crippen molar-refractivity contribution >= 4 is 11.8 Å². The second-order valence-electron chi connectivity index (χ2n) is 3.97. The van der Waals surface area contributed by atoms with Gasteiger partial charge in [-0.25, -0.2) is 9.37 Å². The maximum atomic E-state index is 13.1. The number of thioether (sulfide) groups is 1. The van der Waals surface area contributed by atoms with Crippen molar-refractivity contribution in [2.75, 3.05) is 0 Å². The van der Waals surface area contributed by atoms with Crippen LogP contribution < -0.4 is 0 Å². The summed E-state index contributed by atoms with van der Waals surface area (Å²) in [5.41, 5.74) is 0.576. The van der Waals surface area contributed by atoms with E-state index in [4.69, 9.17) is 4.42 Å². The van der Waals surface area contributed by atoms with Crippen molar-refractivity contribution in [2.24, 2.45) is 0 Å². The third-order valence-electron chi connectivity index (χ3n) is 2.52. The molecule has 6 heteroatoms. The Morgan fingerprint density at radius 3 is 2.85 bits per heavy atom. The fourth-order valence-corrected chi connectivity index (χ4v) is 2.32. The fraction of sp³-hybridized carbons (Fsp3) is 0.0714. The number of pyridine rings is 1. The summed E-state index contributed by atoms with van der Waals surface area (Å²) < 4.78 is 18.6. The zero-order chi connectivity index (χ0) is 13.8. The topological polar surface area (TPSA) is 51.8 Å². The quantitative estimate of drug-likeness (QED) is 0.687. The Kier molecular flexibility index (Phi) is 3.73. The largest absolute Gasteiger partial charge is 0.420 e. The highest BCUT2D eigenvalue weighted by Gasteiger charge is 2.09. The van der Waals surface area contributed by atoms with Gasteiger partial charge in [0.2, 0.25) is 11.8 Å². The SMILES string of the molecule is Fc1cccc(-c2nnc(CSc3ccccn3)o2)c1. The van der Waals surface area contributed by atoms with Crippen LogP contribution in [0.5, 0.6) is 0 Å². The Balaban J connectivity index is 1.71. The molecule has 2 aromatic heterocycles. The van der Waals surface area contributed by atoms with E-state index in [2.05, 4.69) is 15.2 Å². The van der Waals surface area contributed by atoms with Crippen molar-refractivity contribution in [1.82, 2.24) is 15.2 Å². The van der Waals surface area contributed by atoms with Crippen LogP contribution in [-0.4, -0.2) is 15.2 Å². The summed E-state index contributed by atoms with van der Waals surface area (Å²) in [6.07, 6.45) is 1.73. The van der Waals surface area contributed by atoms with Crippen LogP contribution in [0.3, 0.4) is 0 Å². The van der Waals surface area contributed by atoms with E-state index >= 15 is 0 Å². The zero-order valence-corrected chi connectivity index (χ0v) is 11.2. The summed E-state index contributed by atoms with van der Waals surface area (Å²) in [6, 6.07) is 11.8. The molecule has 0 aliphatic heterocycles. The predicted molar refractivity (Wildman–Crippen MR) is 73.5 cm³/mol. The van der Waals surface area contributed by atoms with Gasteiger partial charge in [-0.1, -0.05) is 23.9 Å². The van der Waals surface area contributed by atoms with E-state index in [-0.39, 0.29) is 5.82 Å². The van der Waals surface area contributed by atoms with E-state index in [0.717, 1.165) is 5.03 Å². The van der Waals surface area contributed by atoms with Crippen LogP contribution in [0.4, 0.5) is 4.39 Å². The number of aromatic nitrogens is 3. The molecule has 0 bridgehead atoms. The van der Waals surface area contributed by atoms with Gasteiger partial charge in [0.05, 0.1) is 10.8 Å². The average Bonchev–Trinajstić information content (AvgIpc) is 2.95. The predicted octanol–water partition coefficient (Wildman–Crippen LogP) is 3.56. The van der Waals surface area contributed by atoms with Crippen molar-refractivity contribution < 1.29 is 8.81 Å². The summed E-state index contributed by atoms with van der Waals surface area (Å²) in [6.45, 7) is 0. The lowest BCUT2D eigenvalue weighted by molar-refractivity contribution is 0.527. The summed E-state index contributed by atoms with van der Waals surface area (Å²) in [4.78, 5) is 4.19. The molecular formula is C14H10FN3OS. The summed E-state index contributed by atoms with van der Waals surface area (Å²) in [7, 11) is 0. The molecule has 0 aliphatic carbocycles. The van der Waals surface area contributed by atoms with Crippen molar-refractivity contribution in [2.45, 2.75) is 10.8 Å². The Bertz CT molecular complexity index is 702. The second-order valence-corrected chi connectivity index (χ2v) is 4.96. The van der Waals surface area contributed by atoms with Crippen molar-refractivity contribution in [3.8, 4) is 11.5 Å². The number of rotatable bonds is 4. The molecule has 0 saturated carbocycles. The first-order valence-electron chi connectivity index (χ1n) is 5.93. The maximum absolute atomic E-state index is 13.1. The lowest BCUT2D eigenvalue weighted by atomic mass is 10.2. The van der Waals surface area contributed by atoms with E-state index in [1.807, 2.05) is 18.2 Å². The van der Waals surface area contributed by atoms with Crippen molar-refractivity contribution in [1.29, 1.82) is 0 Å². The van der Waals surface area contributed by atoms with E-state index in [1.54, 1.807) is 18.3 Å². The van der Waals surface area contributed by atoms with Gasteiger partial charge in [-0.2, -0.15) is 0 Å². The molecular weight excluding hydrogens is 277 g/mol. The summed E-state index contributed by atoms with van der Waals surface area (Å²) in [5, 5.41) is 8.76. The van der Waals surface area contributed by atoms with E-state index in [0.29, 0.717) is 23.1 Å². The maximum Gasteiger partial charge on any atom is 0.247 e. The number of halogens is 1. The van der Waals surface area contributed by atoms with E-state index in [9.17, 15) is 4.39 Å². The van der Waals surface area contributed by atoms with Crippen LogP contribution in [-0.2, 0) is 5.75 Å². The molecule has 0 fully saturated rings. The van der Waals surface area contributed by atoms with Gasteiger partial charge in [-0.15, -0.1) is 10.2 Å². The van der Waals surface area contributed by atoms with Gasteiger partial charge >= 0.3 is 0 Å². The van der Waals surface area contributed by atoms with Gasteiger partial charge in [0.1, 0.15) is 5.82 Å².